The molecule has 6 heteroatoms. The van der Waals surface area contributed by atoms with Crippen LogP contribution >= 0.6 is 0 Å². The van der Waals surface area contributed by atoms with Gasteiger partial charge in [0.1, 0.15) is 5.82 Å². The largest absolute Gasteiger partial charge is 0.353 e. The first-order valence-corrected chi connectivity index (χ1v) is 9.45. The number of carbonyl (C=O) groups excluding carboxylic acids is 2. The van der Waals surface area contributed by atoms with E-state index in [9.17, 15) is 9.59 Å². The van der Waals surface area contributed by atoms with Gasteiger partial charge in [0, 0.05) is 51.3 Å². The van der Waals surface area contributed by atoms with Gasteiger partial charge in [-0.3, -0.25) is 9.59 Å². The molecule has 0 unspecified atom stereocenters. The Balaban J connectivity index is 1.37. The minimum absolute atomic E-state index is 0.0207. The van der Waals surface area contributed by atoms with Crippen LogP contribution in [0.25, 0.3) is 0 Å². The van der Waals surface area contributed by atoms with Gasteiger partial charge in [0.2, 0.25) is 11.8 Å². The quantitative estimate of drug-likeness (QED) is 0.887. The molecule has 2 heterocycles. The lowest BCUT2D eigenvalue weighted by molar-refractivity contribution is -0.134. The second kappa shape index (κ2) is 8.83. The van der Waals surface area contributed by atoms with Crippen molar-refractivity contribution < 1.29 is 9.59 Å². The molecule has 3 rings (SSSR count). The Morgan fingerprint density at radius 1 is 1.04 bits per heavy atom. The fourth-order valence-electron chi connectivity index (χ4n) is 3.65. The van der Waals surface area contributed by atoms with Crippen molar-refractivity contribution in [1.82, 2.24) is 15.2 Å². The molecule has 25 heavy (non-hydrogen) atoms. The SMILES string of the molecule is O=C(CCC(=O)N1CCN(c2ccccn2)CC1)NC1CCCCC1. The number of hydrogen-bond acceptors (Lipinski definition) is 4. The van der Waals surface area contributed by atoms with Gasteiger partial charge in [-0.1, -0.05) is 25.3 Å². The van der Waals surface area contributed by atoms with Gasteiger partial charge in [0.25, 0.3) is 0 Å². The van der Waals surface area contributed by atoms with Gasteiger partial charge in [-0.05, 0) is 25.0 Å². The van der Waals surface area contributed by atoms with Crippen LogP contribution in [0.5, 0.6) is 0 Å². The molecule has 0 atom stereocenters. The third-order valence-electron chi connectivity index (χ3n) is 5.14. The smallest absolute Gasteiger partial charge is 0.223 e. The fourth-order valence-corrected chi connectivity index (χ4v) is 3.65. The highest BCUT2D eigenvalue weighted by molar-refractivity contribution is 5.84. The van der Waals surface area contributed by atoms with Crippen LogP contribution in [0, 0.1) is 0 Å². The van der Waals surface area contributed by atoms with E-state index in [2.05, 4.69) is 15.2 Å². The first-order valence-electron chi connectivity index (χ1n) is 9.45. The van der Waals surface area contributed by atoms with Crippen molar-refractivity contribution in [3.05, 3.63) is 24.4 Å². The molecule has 1 aromatic heterocycles. The first-order chi connectivity index (χ1) is 12.2. The van der Waals surface area contributed by atoms with E-state index in [-0.39, 0.29) is 11.8 Å². The van der Waals surface area contributed by atoms with Crippen LogP contribution < -0.4 is 10.2 Å². The maximum absolute atomic E-state index is 12.3. The molecule has 2 aliphatic rings. The van der Waals surface area contributed by atoms with Crippen LogP contribution in [-0.4, -0.2) is 53.9 Å². The van der Waals surface area contributed by atoms with Crippen molar-refractivity contribution in [1.29, 1.82) is 0 Å². The molecule has 6 nitrogen and oxygen atoms in total. The molecule has 1 aromatic rings. The Bertz CT molecular complexity index is 564. The second-order valence-corrected chi connectivity index (χ2v) is 6.96. The van der Waals surface area contributed by atoms with Crippen LogP contribution in [0.3, 0.4) is 0 Å². The number of piperazine rings is 1. The van der Waals surface area contributed by atoms with Crippen molar-refractivity contribution in [3.63, 3.8) is 0 Å². The number of amides is 2. The number of anilines is 1. The van der Waals surface area contributed by atoms with Gasteiger partial charge in [-0.25, -0.2) is 4.98 Å². The number of nitrogens with one attached hydrogen (secondary N) is 1. The molecule has 0 bridgehead atoms. The summed E-state index contributed by atoms with van der Waals surface area (Å²) in [6.07, 6.45) is 8.23. The van der Waals surface area contributed by atoms with E-state index in [1.165, 1.54) is 19.3 Å². The predicted octanol–water partition coefficient (Wildman–Crippen LogP) is 1.96. The second-order valence-electron chi connectivity index (χ2n) is 6.96. The lowest BCUT2D eigenvalue weighted by atomic mass is 9.95. The first kappa shape index (κ1) is 17.7. The van der Waals surface area contributed by atoms with E-state index in [4.69, 9.17) is 0 Å². The predicted molar refractivity (Wildman–Crippen MR) is 97.3 cm³/mol. The molecule has 1 aliphatic carbocycles. The summed E-state index contributed by atoms with van der Waals surface area (Å²) in [7, 11) is 0. The number of aromatic nitrogens is 1. The van der Waals surface area contributed by atoms with Crippen molar-refractivity contribution in [2.24, 2.45) is 0 Å². The van der Waals surface area contributed by atoms with E-state index >= 15 is 0 Å². The number of hydrogen-bond donors (Lipinski definition) is 1. The molecule has 1 saturated heterocycles. The molecular weight excluding hydrogens is 316 g/mol. The summed E-state index contributed by atoms with van der Waals surface area (Å²) in [5.41, 5.74) is 0. The Hall–Kier alpha value is -2.11. The molecule has 2 fully saturated rings. The molecular formula is C19H28N4O2. The van der Waals surface area contributed by atoms with Gasteiger partial charge in [0.15, 0.2) is 0 Å². The summed E-state index contributed by atoms with van der Waals surface area (Å²) in [6, 6.07) is 6.19. The van der Waals surface area contributed by atoms with Gasteiger partial charge in [-0.2, -0.15) is 0 Å². The maximum Gasteiger partial charge on any atom is 0.223 e. The van der Waals surface area contributed by atoms with Gasteiger partial charge in [0.05, 0.1) is 0 Å². The van der Waals surface area contributed by atoms with E-state index in [0.717, 1.165) is 31.7 Å². The third kappa shape index (κ3) is 5.18. The highest BCUT2D eigenvalue weighted by Crippen LogP contribution is 2.17. The minimum atomic E-state index is 0.0207. The maximum atomic E-state index is 12.3. The third-order valence-corrected chi connectivity index (χ3v) is 5.14. The van der Waals surface area contributed by atoms with Crippen LogP contribution in [-0.2, 0) is 9.59 Å². The number of nitrogens with zero attached hydrogens (tertiary/aromatic N) is 3. The normalized spacial score (nSPS) is 18.9. The Morgan fingerprint density at radius 2 is 1.80 bits per heavy atom. The number of carbonyl (C=O) groups is 2. The zero-order valence-corrected chi connectivity index (χ0v) is 14.8. The monoisotopic (exact) mass is 344 g/mol. The zero-order valence-electron chi connectivity index (χ0n) is 14.8. The van der Waals surface area contributed by atoms with Crippen molar-refractivity contribution in [2.75, 3.05) is 31.1 Å². The molecule has 136 valence electrons. The number of pyridine rings is 1. The standard InChI is InChI=1S/C19H28N4O2/c24-18(21-16-6-2-1-3-7-16)9-10-19(25)23-14-12-22(13-15-23)17-8-4-5-11-20-17/h4-5,8,11,16H,1-3,6-7,9-10,12-15H2,(H,21,24). The summed E-state index contributed by atoms with van der Waals surface area (Å²) in [6.45, 7) is 2.97. The van der Waals surface area contributed by atoms with E-state index in [1.807, 2.05) is 23.1 Å². The lowest BCUT2D eigenvalue weighted by Gasteiger charge is -2.35. The van der Waals surface area contributed by atoms with Crippen molar-refractivity contribution in [3.8, 4) is 0 Å². The number of rotatable bonds is 5. The van der Waals surface area contributed by atoms with Crippen LogP contribution in [0.2, 0.25) is 0 Å². The van der Waals surface area contributed by atoms with Gasteiger partial charge in [-0.15, -0.1) is 0 Å². The van der Waals surface area contributed by atoms with Crippen molar-refractivity contribution in [2.45, 2.75) is 51.0 Å². The molecule has 0 aromatic carbocycles. The Kier molecular flexibility index (Phi) is 6.25. The average molecular weight is 344 g/mol. The summed E-state index contributed by atoms with van der Waals surface area (Å²) in [5.74, 6) is 1.06. The highest BCUT2D eigenvalue weighted by Gasteiger charge is 2.22. The van der Waals surface area contributed by atoms with Crippen LogP contribution in [0.15, 0.2) is 24.4 Å². The molecule has 1 N–H and O–H groups in total. The average Bonchev–Trinajstić information content (AvgIpc) is 2.68. The Morgan fingerprint density at radius 3 is 2.48 bits per heavy atom. The van der Waals surface area contributed by atoms with Gasteiger partial charge >= 0.3 is 0 Å². The molecule has 0 spiro atoms. The van der Waals surface area contributed by atoms with E-state index < -0.39 is 0 Å². The minimum Gasteiger partial charge on any atom is -0.353 e. The van der Waals surface area contributed by atoms with Crippen LogP contribution in [0.1, 0.15) is 44.9 Å². The summed E-state index contributed by atoms with van der Waals surface area (Å²) < 4.78 is 0. The molecule has 1 aliphatic heterocycles. The summed E-state index contributed by atoms with van der Waals surface area (Å²) in [5, 5.41) is 3.08. The van der Waals surface area contributed by atoms with Gasteiger partial charge < -0.3 is 15.1 Å². The highest BCUT2D eigenvalue weighted by atomic mass is 16.2. The molecule has 2 amide bonds. The fraction of sp³-hybridized carbons (Fsp3) is 0.632. The van der Waals surface area contributed by atoms with Crippen molar-refractivity contribution >= 4 is 17.6 Å². The lowest BCUT2D eigenvalue weighted by Crippen LogP contribution is -2.49. The zero-order chi connectivity index (χ0) is 17.5. The molecule has 1 saturated carbocycles. The molecule has 0 radical (unpaired) electrons. The van der Waals surface area contributed by atoms with E-state index in [1.54, 1.807) is 6.20 Å². The topological polar surface area (TPSA) is 65.5 Å². The van der Waals surface area contributed by atoms with Crippen LogP contribution in [0.4, 0.5) is 5.82 Å². The van der Waals surface area contributed by atoms with E-state index in [0.29, 0.717) is 32.0 Å². The summed E-state index contributed by atoms with van der Waals surface area (Å²) >= 11 is 0. The summed E-state index contributed by atoms with van der Waals surface area (Å²) in [4.78, 5) is 32.8. The Labute approximate surface area is 149 Å².